The number of ether oxygens (including phenoxy) is 1. The molecule has 4 rings (SSSR count). The normalized spacial score (nSPS) is 19.2. The molecule has 1 aliphatic rings. The van der Waals surface area contributed by atoms with Gasteiger partial charge < -0.3 is 10.1 Å². The van der Waals surface area contributed by atoms with Gasteiger partial charge in [-0.2, -0.15) is 5.10 Å². The minimum absolute atomic E-state index is 0.0775. The van der Waals surface area contributed by atoms with Gasteiger partial charge in [-0.25, -0.2) is 4.98 Å². The van der Waals surface area contributed by atoms with E-state index in [0.717, 1.165) is 36.9 Å². The summed E-state index contributed by atoms with van der Waals surface area (Å²) in [6.45, 7) is 0. The van der Waals surface area contributed by atoms with E-state index in [2.05, 4.69) is 15.4 Å². The van der Waals surface area contributed by atoms with Crippen LogP contribution in [0.2, 0.25) is 0 Å². The summed E-state index contributed by atoms with van der Waals surface area (Å²) in [6, 6.07) is 17.6. The zero-order chi connectivity index (χ0) is 19.3. The molecule has 0 bridgehead atoms. The highest BCUT2D eigenvalue weighted by Crippen LogP contribution is 2.23. The van der Waals surface area contributed by atoms with E-state index in [4.69, 9.17) is 4.74 Å². The van der Waals surface area contributed by atoms with Crippen LogP contribution in [0.3, 0.4) is 0 Å². The van der Waals surface area contributed by atoms with Crippen LogP contribution in [0, 0.1) is 0 Å². The van der Waals surface area contributed by atoms with Gasteiger partial charge in [-0.1, -0.05) is 36.4 Å². The SMILES string of the molecule is Cn1nc(-c2ccccc2)cc1C(=O)NC1CCC(Oc2ccccn2)CC1. The first-order chi connectivity index (χ1) is 13.7. The predicted octanol–water partition coefficient (Wildman–Crippen LogP) is 3.60. The van der Waals surface area contributed by atoms with E-state index in [1.165, 1.54) is 0 Å². The lowest BCUT2D eigenvalue weighted by atomic mass is 9.93. The van der Waals surface area contributed by atoms with E-state index >= 15 is 0 Å². The second-order valence-electron chi connectivity index (χ2n) is 7.14. The third kappa shape index (κ3) is 4.22. The summed E-state index contributed by atoms with van der Waals surface area (Å²) in [4.78, 5) is 17.0. The fraction of sp³-hybridized carbons (Fsp3) is 0.318. The zero-order valence-corrected chi connectivity index (χ0v) is 15.9. The Morgan fingerprint density at radius 1 is 1.07 bits per heavy atom. The summed E-state index contributed by atoms with van der Waals surface area (Å²) in [5.41, 5.74) is 2.38. The maximum absolute atomic E-state index is 12.7. The number of aromatic nitrogens is 3. The van der Waals surface area contributed by atoms with Gasteiger partial charge >= 0.3 is 0 Å². The lowest BCUT2D eigenvalue weighted by Gasteiger charge is -2.29. The molecule has 2 heterocycles. The first-order valence-corrected chi connectivity index (χ1v) is 9.67. The Morgan fingerprint density at radius 2 is 1.82 bits per heavy atom. The third-order valence-electron chi connectivity index (χ3n) is 5.12. The van der Waals surface area contributed by atoms with Gasteiger partial charge in [0.15, 0.2) is 0 Å². The molecule has 0 atom stereocenters. The van der Waals surface area contributed by atoms with Crippen molar-refractivity contribution in [2.75, 3.05) is 0 Å². The molecule has 0 unspecified atom stereocenters. The number of amides is 1. The van der Waals surface area contributed by atoms with E-state index < -0.39 is 0 Å². The number of hydrogen-bond acceptors (Lipinski definition) is 4. The van der Waals surface area contributed by atoms with Gasteiger partial charge in [-0.05, 0) is 37.8 Å². The van der Waals surface area contributed by atoms with E-state index in [1.54, 1.807) is 17.9 Å². The number of nitrogens with zero attached hydrogens (tertiary/aromatic N) is 3. The maximum Gasteiger partial charge on any atom is 0.269 e. The Labute approximate surface area is 164 Å². The van der Waals surface area contributed by atoms with E-state index in [9.17, 15) is 4.79 Å². The summed E-state index contributed by atoms with van der Waals surface area (Å²) in [7, 11) is 1.80. The molecule has 144 valence electrons. The van der Waals surface area contributed by atoms with Gasteiger partial charge in [0, 0.05) is 30.9 Å². The molecule has 1 fully saturated rings. The molecule has 6 heteroatoms. The lowest BCUT2D eigenvalue weighted by molar-refractivity contribution is 0.0881. The predicted molar refractivity (Wildman–Crippen MR) is 107 cm³/mol. The summed E-state index contributed by atoms with van der Waals surface area (Å²) >= 11 is 0. The van der Waals surface area contributed by atoms with Gasteiger partial charge in [0.2, 0.25) is 5.88 Å². The van der Waals surface area contributed by atoms with Gasteiger partial charge in [0.1, 0.15) is 11.8 Å². The van der Waals surface area contributed by atoms with Crippen LogP contribution in [-0.2, 0) is 7.05 Å². The lowest BCUT2D eigenvalue weighted by Crippen LogP contribution is -2.40. The van der Waals surface area contributed by atoms with Crippen molar-refractivity contribution in [2.45, 2.75) is 37.8 Å². The fourth-order valence-corrected chi connectivity index (χ4v) is 3.60. The zero-order valence-electron chi connectivity index (χ0n) is 15.9. The van der Waals surface area contributed by atoms with Crippen molar-refractivity contribution < 1.29 is 9.53 Å². The van der Waals surface area contributed by atoms with Crippen LogP contribution in [0.1, 0.15) is 36.2 Å². The van der Waals surface area contributed by atoms with E-state index in [1.807, 2.05) is 54.6 Å². The molecule has 2 aromatic heterocycles. The van der Waals surface area contributed by atoms with Crippen LogP contribution in [0.25, 0.3) is 11.3 Å². The second-order valence-corrected chi connectivity index (χ2v) is 7.14. The highest BCUT2D eigenvalue weighted by atomic mass is 16.5. The number of pyridine rings is 1. The number of rotatable bonds is 5. The Kier molecular flexibility index (Phi) is 5.37. The standard InChI is InChI=1S/C22H24N4O2/c1-26-20(15-19(25-26)16-7-3-2-4-8-16)22(27)24-17-10-12-18(13-11-17)28-21-9-5-6-14-23-21/h2-9,14-15,17-18H,10-13H2,1H3,(H,24,27). The average molecular weight is 376 g/mol. The van der Waals surface area contributed by atoms with Gasteiger partial charge in [-0.3, -0.25) is 9.48 Å². The summed E-state index contributed by atoms with van der Waals surface area (Å²) in [5.74, 6) is 0.588. The van der Waals surface area contributed by atoms with Crippen molar-refractivity contribution in [1.82, 2.24) is 20.1 Å². The number of carbonyl (C=O) groups is 1. The molecule has 0 spiro atoms. The van der Waals surface area contributed by atoms with Gasteiger partial charge in [0.25, 0.3) is 5.91 Å². The molecule has 1 N–H and O–H groups in total. The van der Waals surface area contributed by atoms with E-state index in [0.29, 0.717) is 11.6 Å². The Balaban J connectivity index is 1.33. The van der Waals surface area contributed by atoms with Gasteiger partial charge in [-0.15, -0.1) is 0 Å². The molecule has 1 aromatic carbocycles. The number of hydrogen-bond donors (Lipinski definition) is 1. The van der Waals surface area contributed by atoms with E-state index in [-0.39, 0.29) is 18.1 Å². The van der Waals surface area contributed by atoms with Crippen LogP contribution in [0.4, 0.5) is 0 Å². The second kappa shape index (κ2) is 8.25. The quantitative estimate of drug-likeness (QED) is 0.739. The van der Waals surface area contributed by atoms with Gasteiger partial charge in [0.05, 0.1) is 5.69 Å². The van der Waals surface area contributed by atoms with Crippen LogP contribution < -0.4 is 10.1 Å². The Bertz CT molecular complexity index is 916. The molecule has 1 amide bonds. The third-order valence-corrected chi connectivity index (χ3v) is 5.12. The van der Waals surface area contributed by atoms with Crippen molar-refractivity contribution in [3.05, 3.63) is 66.5 Å². The molecule has 1 aliphatic carbocycles. The average Bonchev–Trinajstić information content (AvgIpc) is 3.13. The van der Waals surface area contributed by atoms with Crippen LogP contribution in [0.15, 0.2) is 60.8 Å². The highest BCUT2D eigenvalue weighted by molar-refractivity contribution is 5.93. The molecule has 1 saturated carbocycles. The molecule has 3 aromatic rings. The van der Waals surface area contributed by atoms with Crippen molar-refractivity contribution in [2.24, 2.45) is 7.05 Å². The molecular weight excluding hydrogens is 352 g/mol. The molecule has 0 saturated heterocycles. The summed E-state index contributed by atoms with van der Waals surface area (Å²) in [6.07, 6.45) is 5.49. The number of aryl methyl sites for hydroxylation is 1. The van der Waals surface area contributed by atoms with Crippen LogP contribution in [0.5, 0.6) is 5.88 Å². The van der Waals surface area contributed by atoms with Crippen molar-refractivity contribution in [3.63, 3.8) is 0 Å². The number of nitrogens with one attached hydrogen (secondary N) is 1. The van der Waals surface area contributed by atoms with Crippen LogP contribution >= 0.6 is 0 Å². The smallest absolute Gasteiger partial charge is 0.269 e. The summed E-state index contributed by atoms with van der Waals surface area (Å²) < 4.78 is 7.57. The minimum atomic E-state index is -0.0775. The largest absolute Gasteiger partial charge is 0.474 e. The molecule has 0 aliphatic heterocycles. The highest BCUT2D eigenvalue weighted by Gasteiger charge is 2.25. The maximum atomic E-state index is 12.7. The minimum Gasteiger partial charge on any atom is -0.474 e. The number of benzene rings is 1. The van der Waals surface area contributed by atoms with Crippen molar-refractivity contribution >= 4 is 5.91 Å². The first-order valence-electron chi connectivity index (χ1n) is 9.67. The molecule has 0 radical (unpaired) electrons. The molecule has 6 nitrogen and oxygen atoms in total. The monoisotopic (exact) mass is 376 g/mol. The van der Waals surface area contributed by atoms with Crippen molar-refractivity contribution in [3.8, 4) is 17.1 Å². The Morgan fingerprint density at radius 3 is 2.54 bits per heavy atom. The fourth-order valence-electron chi connectivity index (χ4n) is 3.60. The summed E-state index contributed by atoms with van der Waals surface area (Å²) in [5, 5.41) is 7.64. The molecule has 28 heavy (non-hydrogen) atoms. The number of carbonyl (C=O) groups excluding carboxylic acids is 1. The van der Waals surface area contributed by atoms with Crippen LogP contribution in [-0.4, -0.2) is 32.8 Å². The first kappa shape index (κ1) is 18.2. The topological polar surface area (TPSA) is 69.0 Å². The molecular formula is C22H24N4O2. The van der Waals surface area contributed by atoms with Crippen molar-refractivity contribution in [1.29, 1.82) is 0 Å². The Hall–Kier alpha value is -3.15.